The third kappa shape index (κ3) is 3.64. The van der Waals surface area contributed by atoms with Crippen LogP contribution in [0, 0.1) is 20.8 Å². The Morgan fingerprint density at radius 2 is 2.11 bits per heavy atom. The van der Waals surface area contributed by atoms with Gasteiger partial charge in [-0.2, -0.15) is 5.10 Å². The van der Waals surface area contributed by atoms with Gasteiger partial charge >= 0.3 is 0 Å². The van der Waals surface area contributed by atoms with Crippen LogP contribution in [0.15, 0.2) is 24.4 Å². The molecule has 0 saturated heterocycles. The summed E-state index contributed by atoms with van der Waals surface area (Å²) in [5.74, 6) is 0.545. The Morgan fingerprint density at radius 3 is 2.74 bits per heavy atom. The summed E-state index contributed by atoms with van der Waals surface area (Å²) in [5.41, 5.74) is 3.11. The summed E-state index contributed by atoms with van der Waals surface area (Å²) in [7, 11) is 0. The van der Waals surface area contributed by atoms with Gasteiger partial charge in [-0.05, 0) is 44.5 Å². The van der Waals surface area contributed by atoms with E-state index in [9.17, 15) is 4.79 Å². The first-order chi connectivity index (χ1) is 9.04. The second kappa shape index (κ2) is 5.65. The third-order valence-electron chi connectivity index (χ3n) is 2.84. The maximum atomic E-state index is 11.8. The van der Waals surface area contributed by atoms with Crippen LogP contribution in [0.5, 0.6) is 0 Å². The van der Waals surface area contributed by atoms with Crippen molar-refractivity contribution in [1.29, 1.82) is 0 Å². The summed E-state index contributed by atoms with van der Waals surface area (Å²) in [5, 5.41) is 7.11. The number of aryl methyl sites for hydroxylation is 4. The molecule has 0 radical (unpaired) electrons. The van der Waals surface area contributed by atoms with Crippen molar-refractivity contribution in [3.8, 4) is 0 Å². The first kappa shape index (κ1) is 13.3. The molecule has 1 N–H and O–H groups in total. The van der Waals surface area contributed by atoms with Crippen LogP contribution in [0.25, 0.3) is 0 Å². The number of carbonyl (C=O) groups is 1. The molecular weight excluding hydrogens is 240 g/mol. The topological polar surface area (TPSA) is 59.8 Å². The zero-order valence-corrected chi connectivity index (χ0v) is 11.5. The Labute approximate surface area is 112 Å². The number of hydrogen-bond donors (Lipinski definition) is 1. The van der Waals surface area contributed by atoms with Crippen LogP contribution in [0.1, 0.15) is 23.4 Å². The van der Waals surface area contributed by atoms with E-state index < -0.39 is 0 Å². The van der Waals surface area contributed by atoms with E-state index in [4.69, 9.17) is 0 Å². The first-order valence-corrected chi connectivity index (χ1v) is 6.28. The van der Waals surface area contributed by atoms with Gasteiger partial charge in [-0.3, -0.25) is 9.48 Å². The number of hydrogen-bond acceptors (Lipinski definition) is 3. The van der Waals surface area contributed by atoms with Crippen LogP contribution in [-0.2, 0) is 11.3 Å². The average Bonchev–Trinajstić information content (AvgIpc) is 2.65. The maximum absolute atomic E-state index is 11.8. The lowest BCUT2D eigenvalue weighted by Crippen LogP contribution is -2.16. The van der Waals surface area contributed by atoms with Crippen LogP contribution in [0.4, 0.5) is 5.82 Å². The number of pyridine rings is 1. The lowest BCUT2D eigenvalue weighted by Gasteiger charge is -2.06. The van der Waals surface area contributed by atoms with E-state index in [0.29, 0.717) is 18.8 Å². The zero-order chi connectivity index (χ0) is 13.8. The highest BCUT2D eigenvalue weighted by Crippen LogP contribution is 2.07. The molecule has 5 nitrogen and oxygen atoms in total. The van der Waals surface area contributed by atoms with Crippen molar-refractivity contribution in [2.45, 2.75) is 33.7 Å². The van der Waals surface area contributed by atoms with Gasteiger partial charge in [0.15, 0.2) is 0 Å². The van der Waals surface area contributed by atoms with E-state index in [-0.39, 0.29) is 5.91 Å². The molecule has 0 atom stereocenters. The normalized spacial score (nSPS) is 10.5. The van der Waals surface area contributed by atoms with Gasteiger partial charge in [-0.25, -0.2) is 4.98 Å². The predicted octanol–water partition coefficient (Wildman–Crippen LogP) is 2.23. The van der Waals surface area contributed by atoms with Gasteiger partial charge in [-0.1, -0.05) is 0 Å². The number of carbonyl (C=O) groups excluding carboxylic acids is 1. The molecule has 0 bridgehead atoms. The number of rotatable bonds is 4. The minimum atomic E-state index is -0.0503. The van der Waals surface area contributed by atoms with Gasteiger partial charge in [0.05, 0.1) is 5.69 Å². The fraction of sp³-hybridized carbons (Fsp3) is 0.357. The Balaban J connectivity index is 1.90. The van der Waals surface area contributed by atoms with E-state index in [1.54, 1.807) is 6.20 Å². The van der Waals surface area contributed by atoms with E-state index in [1.165, 1.54) is 0 Å². The number of aromatic nitrogens is 3. The molecule has 0 aliphatic carbocycles. The highest BCUT2D eigenvalue weighted by molar-refractivity contribution is 5.89. The molecule has 100 valence electrons. The van der Waals surface area contributed by atoms with E-state index in [1.807, 2.05) is 43.7 Å². The molecule has 2 aromatic heterocycles. The lowest BCUT2D eigenvalue weighted by atomic mass is 10.3. The van der Waals surface area contributed by atoms with Crippen molar-refractivity contribution in [3.05, 3.63) is 41.3 Å². The Kier molecular flexibility index (Phi) is 3.94. The van der Waals surface area contributed by atoms with Crippen molar-refractivity contribution >= 4 is 11.7 Å². The molecule has 0 spiro atoms. The van der Waals surface area contributed by atoms with Crippen molar-refractivity contribution < 1.29 is 4.79 Å². The van der Waals surface area contributed by atoms with Crippen molar-refractivity contribution in [2.75, 3.05) is 5.32 Å². The molecular formula is C14H18N4O. The van der Waals surface area contributed by atoms with Gasteiger partial charge in [0.2, 0.25) is 5.91 Å². The quantitative estimate of drug-likeness (QED) is 0.914. The van der Waals surface area contributed by atoms with E-state index in [0.717, 1.165) is 17.0 Å². The summed E-state index contributed by atoms with van der Waals surface area (Å²) in [6.07, 6.45) is 2.07. The molecule has 0 unspecified atom stereocenters. The summed E-state index contributed by atoms with van der Waals surface area (Å²) in [6.45, 7) is 6.48. The minimum Gasteiger partial charge on any atom is -0.311 e. The minimum absolute atomic E-state index is 0.0503. The van der Waals surface area contributed by atoms with Gasteiger partial charge in [0.1, 0.15) is 5.82 Å². The zero-order valence-electron chi connectivity index (χ0n) is 11.5. The lowest BCUT2D eigenvalue weighted by molar-refractivity contribution is -0.116. The number of nitrogens with zero attached hydrogens (tertiary/aromatic N) is 3. The number of amides is 1. The second-order valence-corrected chi connectivity index (χ2v) is 4.67. The average molecular weight is 258 g/mol. The predicted molar refractivity (Wildman–Crippen MR) is 73.9 cm³/mol. The van der Waals surface area contributed by atoms with Crippen LogP contribution >= 0.6 is 0 Å². The summed E-state index contributed by atoms with van der Waals surface area (Å²) < 4.78 is 1.85. The molecule has 0 aliphatic rings. The van der Waals surface area contributed by atoms with Crippen molar-refractivity contribution in [3.63, 3.8) is 0 Å². The van der Waals surface area contributed by atoms with E-state index in [2.05, 4.69) is 15.4 Å². The van der Waals surface area contributed by atoms with Gasteiger partial charge < -0.3 is 5.32 Å². The SMILES string of the molecule is Cc1ccnc(NC(=O)CCn2nc(C)cc2C)c1. The number of anilines is 1. The Bertz CT molecular complexity index is 589. The number of nitrogens with one attached hydrogen (secondary N) is 1. The second-order valence-electron chi connectivity index (χ2n) is 4.67. The fourth-order valence-corrected chi connectivity index (χ4v) is 1.92. The molecule has 5 heteroatoms. The van der Waals surface area contributed by atoms with Gasteiger partial charge in [-0.15, -0.1) is 0 Å². The first-order valence-electron chi connectivity index (χ1n) is 6.28. The summed E-state index contributed by atoms with van der Waals surface area (Å²) in [4.78, 5) is 15.9. The standard InChI is InChI=1S/C14H18N4O/c1-10-4-6-15-13(8-10)16-14(19)5-7-18-12(3)9-11(2)17-18/h4,6,8-9H,5,7H2,1-3H3,(H,15,16,19). The summed E-state index contributed by atoms with van der Waals surface area (Å²) >= 11 is 0. The molecule has 2 aromatic rings. The Morgan fingerprint density at radius 1 is 1.32 bits per heavy atom. The molecule has 1 amide bonds. The smallest absolute Gasteiger partial charge is 0.227 e. The molecule has 0 aliphatic heterocycles. The maximum Gasteiger partial charge on any atom is 0.227 e. The van der Waals surface area contributed by atoms with Crippen molar-refractivity contribution in [1.82, 2.24) is 14.8 Å². The van der Waals surface area contributed by atoms with Gasteiger partial charge in [0, 0.05) is 24.9 Å². The molecule has 0 fully saturated rings. The van der Waals surface area contributed by atoms with Crippen molar-refractivity contribution in [2.24, 2.45) is 0 Å². The largest absolute Gasteiger partial charge is 0.311 e. The monoisotopic (exact) mass is 258 g/mol. The molecule has 2 heterocycles. The van der Waals surface area contributed by atoms with E-state index >= 15 is 0 Å². The van der Waals surface area contributed by atoms with Gasteiger partial charge in [0.25, 0.3) is 0 Å². The molecule has 19 heavy (non-hydrogen) atoms. The van der Waals surface area contributed by atoms with Crippen LogP contribution < -0.4 is 5.32 Å². The third-order valence-corrected chi connectivity index (χ3v) is 2.84. The molecule has 0 saturated carbocycles. The highest BCUT2D eigenvalue weighted by atomic mass is 16.1. The van der Waals surface area contributed by atoms with Crippen LogP contribution in [-0.4, -0.2) is 20.7 Å². The fourth-order valence-electron chi connectivity index (χ4n) is 1.92. The molecule has 0 aromatic carbocycles. The molecule has 2 rings (SSSR count). The van der Waals surface area contributed by atoms with Crippen LogP contribution in [0.2, 0.25) is 0 Å². The summed E-state index contributed by atoms with van der Waals surface area (Å²) in [6, 6.07) is 5.74. The Hall–Kier alpha value is -2.17. The van der Waals surface area contributed by atoms with Crippen LogP contribution in [0.3, 0.4) is 0 Å². The highest BCUT2D eigenvalue weighted by Gasteiger charge is 2.06.